The van der Waals surface area contributed by atoms with Crippen molar-refractivity contribution in [3.05, 3.63) is 180 Å². The molecule has 0 amide bonds. The Kier molecular flexibility index (Phi) is 10.5. The Morgan fingerprint density at radius 1 is 0.592 bits per heavy atom. The van der Waals surface area contributed by atoms with E-state index in [0.29, 0.717) is 22.7 Å². The third-order valence-corrected chi connectivity index (χ3v) is 14.2. The normalized spacial score (nSPS) is 12.5. The summed E-state index contributed by atoms with van der Waals surface area (Å²) in [5.41, 5.74) is 15.5. The molecule has 8 aromatic carbocycles. The first-order valence-electron chi connectivity index (χ1n) is 24.0. The first-order valence-corrected chi connectivity index (χ1v) is 24.0. The molecule has 0 aliphatic rings. The molecule has 0 saturated carbocycles. The molecule has 0 aliphatic carbocycles. The zero-order chi connectivity index (χ0) is 48.6. The average molecular weight is 1110 g/mol. The second-order valence-electron chi connectivity index (χ2n) is 21.9. The molecule has 0 saturated heterocycles. The van der Waals surface area contributed by atoms with Crippen LogP contribution in [0.2, 0.25) is 0 Å². The maximum Gasteiger partial charge on any atom is 0.190 e. The number of nitrogens with zero attached hydrogens (tertiary/aromatic N) is 5. The smallest absolute Gasteiger partial charge is 0.190 e. The summed E-state index contributed by atoms with van der Waals surface area (Å²) in [6, 6.07) is 54.4. The van der Waals surface area contributed by atoms with E-state index in [9.17, 15) is 5.11 Å². The Morgan fingerprint density at radius 2 is 1.31 bits per heavy atom. The molecule has 4 heterocycles. The maximum atomic E-state index is 12.6. The largest absolute Gasteiger partial charge is 0.507 e. The predicted octanol–water partition coefficient (Wildman–Crippen LogP) is 17.0. The quantitative estimate of drug-likeness (QED) is 0.141. The van der Waals surface area contributed by atoms with E-state index < -0.39 is 0 Å². The fourth-order valence-electron chi connectivity index (χ4n) is 10.4. The number of phenolic OH excluding ortho intramolecular Hbond substituents is 1. The Bertz CT molecular complexity index is 4200. The van der Waals surface area contributed by atoms with Crippen molar-refractivity contribution in [2.24, 2.45) is 0 Å². The first-order chi connectivity index (χ1) is 33.5. The molecular formula is C63H52N5O2Pt-. The molecule has 0 unspecified atom stereocenters. The molecule has 1 N–H and O–H groups in total. The van der Waals surface area contributed by atoms with Crippen LogP contribution in [0.3, 0.4) is 0 Å². The van der Waals surface area contributed by atoms with Gasteiger partial charge in [0.15, 0.2) is 5.69 Å². The number of rotatable bonds is 4. The summed E-state index contributed by atoms with van der Waals surface area (Å²) in [4.78, 5) is 14.7. The monoisotopic (exact) mass is 1110 g/mol. The van der Waals surface area contributed by atoms with Gasteiger partial charge in [0, 0.05) is 48.5 Å². The van der Waals surface area contributed by atoms with Gasteiger partial charge in [0.25, 0.3) is 0 Å². The molecule has 8 heteroatoms. The summed E-state index contributed by atoms with van der Waals surface area (Å²) in [5.74, 6) is 0.883. The molecule has 7 nitrogen and oxygen atoms in total. The Hall–Kier alpha value is -7.52. The second kappa shape index (κ2) is 16.3. The molecule has 71 heavy (non-hydrogen) atoms. The number of para-hydroxylation sites is 3. The molecule has 4 aromatic heterocycles. The van der Waals surface area contributed by atoms with E-state index in [2.05, 4.69) is 197 Å². The van der Waals surface area contributed by atoms with Gasteiger partial charge in [-0.05, 0) is 92.9 Å². The third kappa shape index (κ3) is 7.26. The molecule has 12 aromatic rings. The van der Waals surface area contributed by atoms with Crippen molar-refractivity contribution in [2.45, 2.75) is 78.6 Å². The molecular weight excluding hydrogens is 1050 g/mol. The van der Waals surface area contributed by atoms with Gasteiger partial charge in [-0.25, -0.2) is 9.83 Å². The van der Waals surface area contributed by atoms with Gasteiger partial charge in [-0.15, -0.1) is 23.8 Å². The van der Waals surface area contributed by atoms with Gasteiger partial charge in [0.1, 0.15) is 22.7 Å². The number of benzene rings is 8. The second-order valence-corrected chi connectivity index (χ2v) is 21.9. The number of hydrogen-bond acceptors (Lipinski definition) is 4. The molecule has 0 bridgehead atoms. The Labute approximate surface area is 427 Å². The fraction of sp³-hybridized carbons (Fsp3) is 0.190. The SMILES string of the molecule is [C-]#[N+]c1ccc2c(c1)oc1ccc3c(c4ccc(-c5cccc6c5nc(-c5cc(C(C)(C)C)cc(C(C)(C)C)c5O)n6-c5ccc(C(C)(C)C)cc5-c5ccccc5)[c-]c4c4nc5ccccc5n34)c12.[Pt]. The van der Waals surface area contributed by atoms with Crippen LogP contribution in [0, 0.1) is 12.6 Å². The minimum atomic E-state index is -0.353. The fourth-order valence-corrected chi connectivity index (χ4v) is 10.4. The van der Waals surface area contributed by atoms with Crippen LogP contribution in [0.1, 0.15) is 79.0 Å². The van der Waals surface area contributed by atoms with Crippen LogP contribution in [0.4, 0.5) is 5.69 Å². The van der Waals surface area contributed by atoms with Gasteiger partial charge in [-0.3, -0.25) is 9.55 Å². The van der Waals surface area contributed by atoms with Gasteiger partial charge in [0.05, 0.1) is 45.5 Å². The summed E-state index contributed by atoms with van der Waals surface area (Å²) >= 11 is 0. The van der Waals surface area contributed by atoms with E-state index >= 15 is 0 Å². The van der Waals surface area contributed by atoms with Crippen LogP contribution in [-0.4, -0.2) is 24.0 Å². The van der Waals surface area contributed by atoms with E-state index in [4.69, 9.17) is 21.0 Å². The van der Waals surface area contributed by atoms with Crippen molar-refractivity contribution >= 4 is 77.0 Å². The number of phenols is 1. The number of aromatic hydroxyl groups is 1. The number of furan rings is 1. The van der Waals surface area contributed by atoms with E-state index in [1.165, 1.54) is 5.56 Å². The van der Waals surface area contributed by atoms with Crippen LogP contribution in [-0.2, 0) is 37.3 Å². The van der Waals surface area contributed by atoms with Crippen molar-refractivity contribution in [1.29, 1.82) is 0 Å². The van der Waals surface area contributed by atoms with Crippen LogP contribution >= 0.6 is 0 Å². The summed E-state index contributed by atoms with van der Waals surface area (Å²) < 4.78 is 11.0. The van der Waals surface area contributed by atoms with Crippen molar-refractivity contribution in [1.82, 2.24) is 18.9 Å². The average Bonchev–Trinajstić information content (AvgIpc) is 4.04. The van der Waals surface area contributed by atoms with Crippen molar-refractivity contribution in [3.8, 4) is 45.1 Å². The Balaban J connectivity index is 0.00000547. The maximum absolute atomic E-state index is 12.6. The van der Waals surface area contributed by atoms with E-state index in [1.54, 1.807) is 0 Å². The number of pyridine rings is 1. The van der Waals surface area contributed by atoms with Gasteiger partial charge < -0.3 is 13.9 Å². The van der Waals surface area contributed by atoms with Crippen LogP contribution in [0.25, 0.3) is 116 Å². The zero-order valence-corrected chi connectivity index (χ0v) is 43.5. The molecule has 12 rings (SSSR count). The van der Waals surface area contributed by atoms with Gasteiger partial charge in [-0.1, -0.05) is 158 Å². The van der Waals surface area contributed by atoms with Crippen molar-refractivity contribution in [3.63, 3.8) is 0 Å². The molecule has 0 atom stereocenters. The zero-order valence-electron chi connectivity index (χ0n) is 41.3. The van der Waals surface area contributed by atoms with Gasteiger partial charge >= 0.3 is 0 Å². The number of hydrogen-bond donors (Lipinski definition) is 1. The van der Waals surface area contributed by atoms with Crippen LogP contribution in [0.5, 0.6) is 5.75 Å². The Morgan fingerprint density at radius 3 is 2.06 bits per heavy atom. The first kappa shape index (κ1) is 45.9. The summed E-state index contributed by atoms with van der Waals surface area (Å²) in [7, 11) is 0. The molecule has 0 radical (unpaired) electrons. The molecule has 0 aliphatic heterocycles. The standard InChI is InChI=1S/C63H52N5O2.Pt/c1-61(2,3)38-24-28-49(44(32-38)36-17-12-11-13-18-36)67-52-22-16-19-41(57(52)66-60(67)46-33-39(62(4,5)6)34-47(58(46)69)63(7,8)9)37-23-26-42-45(31-37)59-65-48-20-14-15-21-50(48)68(59)51-29-30-53-56(55(42)51)43-27-25-40(64-10)35-54(43)70-53;/h11-30,32-35,69H,1-9H3;/q-1;. The van der Waals surface area contributed by atoms with E-state index in [-0.39, 0.29) is 43.1 Å². The topological polar surface area (TPSA) is 72.8 Å². The number of aromatic nitrogens is 4. The van der Waals surface area contributed by atoms with E-state index in [1.807, 2.05) is 30.3 Å². The van der Waals surface area contributed by atoms with Crippen LogP contribution in [0.15, 0.2) is 150 Å². The number of imidazole rings is 2. The van der Waals surface area contributed by atoms with E-state index in [0.717, 1.165) is 105 Å². The summed E-state index contributed by atoms with van der Waals surface area (Å²) in [5, 5.41) is 17.4. The van der Waals surface area contributed by atoms with Gasteiger partial charge in [-0.2, -0.15) is 0 Å². The minimum absolute atomic E-state index is 0. The minimum Gasteiger partial charge on any atom is -0.507 e. The van der Waals surface area contributed by atoms with Crippen LogP contribution < -0.4 is 0 Å². The summed E-state index contributed by atoms with van der Waals surface area (Å²) in [6.45, 7) is 27.6. The summed E-state index contributed by atoms with van der Waals surface area (Å²) in [6.07, 6.45) is 0. The molecule has 0 spiro atoms. The molecule has 0 fully saturated rings. The van der Waals surface area contributed by atoms with Crippen molar-refractivity contribution < 1.29 is 30.6 Å². The number of fused-ring (bicyclic) bond motifs is 13. The van der Waals surface area contributed by atoms with Gasteiger partial charge in [0.2, 0.25) is 0 Å². The third-order valence-electron chi connectivity index (χ3n) is 14.2. The molecule has 352 valence electrons. The van der Waals surface area contributed by atoms with Crippen molar-refractivity contribution in [2.75, 3.05) is 0 Å². The predicted molar refractivity (Wildman–Crippen MR) is 289 cm³/mol.